The second-order valence-electron chi connectivity index (χ2n) is 8.62. The van der Waals surface area contributed by atoms with Crippen molar-refractivity contribution in [2.75, 3.05) is 5.32 Å². The lowest BCUT2D eigenvalue weighted by molar-refractivity contribution is 0.0993. The van der Waals surface area contributed by atoms with Crippen LogP contribution in [0.5, 0.6) is 0 Å². The van der Waals surface area contributed by atoms with E-state index >= 15 is 0 Å². The number of aliphatic hydroxyl groups is 1. The number of pyridine rings is 1. The van der Waals surface area contributed by atoms with Crippen molar-refractivity contribution in [2.24, 2.45) is 18.7 Å². The second kappa shape index (κ2) is 7.39. The van der Waals surface area contributed by atoms with Gasteiger partial charge in [-0.15, -0.1) is 0 Å². The molecule has 31 heavy (non-hydrogen) atoms. The number of amides is 1. The van der Waals surface area contributed by atoms with E-state index in [2.05, 4.69) is 33.4 Å². The fraction of sp³-hybridized carbons (Fsp3) is 0.348. The average molecular weight is 419 g/mol. The normalized spacial score (nSPS) is 21.6. The molecule has 0 bridgehead atoms. The largest absolute Gasteiger partial charge is 0.393 e. The Bertz CT molecular complexity index is 1290. The van der Waals surface area contributed by atoms with Gasteiger partial charge < -0.3 is 21.1 Å². The number of nitrogens with one attached hydrogen (secondary N) is 2. The van der Waals surface area contributed by atoms with Crippen LogP contribution in [0.15, 0.2) is 36.8 Å². The Labute approximate surface area is 179 Å². The maximum absolute atomic E-state index is 12.1. The Balaban J connectivity index is 1.64. The maximum Gasteiger partial charge on any atom is 0.252 e. The van der Waals surface area contributed by atoms with Gasteiger partial charge in [-0.05, 0) is 36.8 Å². The molecule has 3 heterocycles. The van der Waals surface area contributed by atoms with Crippen molar-refractivity contribution in [1.82, 2.24) is 19.7 Å². The lowest BCUT2D eigenvalue weighted by Gasteiger charge is -2.33. The van der Waals surface area contributed by atoms with E-state index < -0.39 is 5.91 Å². The summed E-state index contributed by atoms with van der Waals surface area (Å²) in [5.41, 5.74) is 9.65. The molecule has 1 saturated carbocycles. The highest BCUT2D eigenvalue weighted by Crippen LogP contribution is 2.36. The third-order valence-electron chi connectivity index (χ3n) is 6.39. The number of aryl methyl sites for hydroxylation is 1. The molecule has 5 rings (SSSR count). The highest BCUT2D eigenvalue weighted by molar-refractivity contribution is 6.18. The summed E-state index contributed by atoms with van der Waals surface area (Å²) >= 11 is 0. The number of aliphatic hydroxyl groups excluding tert-OH is 1. The Hall–Kier alpha value is -3.39. The predicted octanol–water partition coefficient (Wildman–Crippen LogP) is 3.18. The number of benzene rings is 1. The molecule has 1 amide bonds. The molecule has 0 spiro atoms. The summed E-state index contributed by atoms with van der Waals surface area (Å²) in [6, 6.07) is 6.36. The van der Waals surface area contributed by atoms with Crippen LogP contribution >= 0.6 is 0 Å². The molecule has 160 valence electrons. The van der Waals surface area contributed by atoms with E-state index in [0.717, 1.165) is 52.5 Å². The van der Waals surface area contributed by atoms with E-state index in [4.69, 9.17) is 5.73 Å². The van der Waals surface area contributed by atoms with Crippen LogP contribution in [0.25, 0.3) is 32.9 Å². The van der Waals surface area contributed by atoms with Crippen molar-refractivity contribution in [3.63, 3.8) is 0 Å². The first kappa shape index (κ1) is 19.6. The quantitative estimate of drug-likeness (QED) is 0.405. The lowest BCUT2D eigenvalue weighted by Crippen LogP contribution is -2.35. The molecule has 3 atom stereocenters. The monoisotopic (exact) mass is 418 g/mol. The van der Waals surface area contributed by atoms with E-state index in [1.165, 1.54) is 6.20 Å². The van der Waals surface area contributed by atoms with Gasteiger partial charge in [-0.3, -0.25) is 9.48 Å². The number of hydrogen-bond donors (Lipinski definition) is 4. The first-order valence-electron chi connectivity index (χ1n) is 10.6. The maximum atomic E-state index is 12.1. The Morgan fingerprint density at radius 2 is 2.13 bits per heavy atom. The smallest absolute Gasteiger partial charge is 0.252 e. The van der Waals surface area contributed by atoms with Gasteiger partial charge in [-0.1, -0.05) is 19.1 Å². The van der Waals surface area contributed by atoms with Crippen molar-refractivity contribution in [2.45, 2.75) is 38.3 Å². The fourth-order valence-electron chi connectivity index (χ4n) is 4.71. The van der Waals surface area contributed by atoms with Crippen LogP contribution in [0.4, 0.5) is 5.82 Å². The second-order valence-corrected chi connectivity index (χ2v) is 8.62. The highest BCUT2D eigenvalue weighted by atomic mass is 16.3. The molecule has 1 aliphatic rings. The van der Waals surface area contributed by atoms with Crippen molar-refractivity contribution in [3.8, 4) is 11.1 Å². The van der Waals surface area contributed by atoms with E-state index in [9.17, 15) is 9.90 Å². The van der Waals surface area contributed by atoms with Crippen LogP contribution in [0.2, 0.25) is 0 Å². The number of nitrogens with zero attached hydrogens (tertiary/aromatic N) is 3. The Kier molecular flexibility index (Phi) is 4.66. The van der Waals surface area contributed by atoms with Crippen LogP contribution in [-0.4, -0.2) is 42.9 Å². The fourth-order valence-corrected chi connectivity index (χ4v) is 4.71. The molecule has 0 radical (unpaired) electrons. The molecule has 5 N–H and O–H groups in total. The van der Waals surface area contributed by atoms with Crippen molar-refractivity contribution in [1.29, 1.82) is 0 Å². The summed E-state index contributed by atoms with van der Waals surface area (Å²) in [5.74, 6) is 0.532. The summed E-state index contributed by atoms with van der Waals surface area (Å²) < 4.78 is 1.77. The minimum absolute atomic E-state index is 0.207. The number of nitrogens with two attached hydrogens (primary N) is 1. The number of carbonyl (C=O) groups is 1. The molecule has 0 aliphatic heterocycles. The predicted molar refractivity (Wildman–Crippen MR) is 121 cm³/mol. The molecule has 1 fully saturated rings. The van der Waals surface area contributed by atoms with Crippen molar-refractivity contribution >= 4 is 33.5 Å². The van der Waals surface area contributed by atoms with Crippen LogP contribution in [0.3, 0.4) is 0 Å². The zero-order valence-electron chi connectivity index (χ0n) is 17.6. The summed E-state index contributed by atoms with van der Waals surface area (Å²) in [5, 5.41) is 19.6. The summed E-state index contributed by atoms with van der Waals surface area (Å²) in [7, 11) is 1.89. The van der Waals surface area contributed by atoms with Gasteiger partial charge in [-0.25, -0.2) is 4.98 Å². The molecule has 4 aromatic rings. The van der Waals surface area contributed by atoms with E-state index in [1.807, 2.05) is 31.6 Å². The molecule has 0 saturated heterocycles. The van der Waals surface area contributed by atoms with Crippen molar-refractivity contribution in [3.05, 3.63) is 42.4 Å². The van der Waals surface area contributed by atoms with E-state index in [-0.39, 0.29) is 12.1 Å². The molecular weight excluding hydrogens is 392 g/mol. The topological polar surface area (TPSA) is 122 Å². The molecule has 1 aromatic carbocycles. The molecular formula is C23H26N6O2. The van der Waals surface area contributed by atoms with Gasteiger partial charge in [-0.2, -0.15) is 5.10 Å². The van der Waals surface area contributed by atoms with Gasteiger partial charge in [0.1, 0.15) is 5.82 Å². The van der Waals surface area contributed by atoms with Gasteiger partial charge in [0.05, 0.1) is 28.8 Å². The third kappa shape index (κ3) is 3.42. The van der Waals surface area contributed by atoms with Crippen LogP contribution in [0.1, 0.15) is 36.5 Å². The number of aromatic nitrogens is 4. The standard InChI is InChI=1S/C23H26N6O2/c1-12-7-15(30)4-6-18(12)28-23-20-16-5-3-13(14-9-26-29(2)11-14)8-19(16)27-21(20)17(10-25-23)22(24)31/h3,5,8-12,15,18,27,30H,4,6-7H2,1-2H3,(H2,24,31)(H,25,28)/t12-,15?,18?/m1/s1. The van der Waals surface area contributed by atoms with Gasteiger partial charge in [0.15, 0.2) is 0 Å². The molecule has 2 unspecified atom stereocenters. The lowest BCUT2D eigenvalue weighted by atomic mass is 9.84. The summed E-state index contributed by atoms with van der Waals surface area (Å²) in [6.07, 6.45) is 7.49. The van der Waals surface area contributed by atoms with E-state index in [0.29, 0.717) is 17.0 Å². The number of carbonyl (C=O) groups excluding carboxylic acids is 1. The molecule has 8 nitrogen and oxygen atoms in total. The summed E-state index contributed by atoms with van der Waals surface area (Å²) in [4.78, 5) is 20.0. The Morgan fingerprint density at radius 3 is 2.84 bits per heavy atom. The number of fused-ring (bicyclic) bond motifs is 3. The van der Waals surface area contributed by atoms with Gasteiger partial charge in [0, 0.05) is 41.9 Å². The number of anilines is 1. The van der Waals surface area contributed by atoms with E-state index in [1.54, 1.807) is 4.68 Å². The minimum Gasteiger partial charge on any atom is -0.393 e. The third-order valence-corrected chi connectivity index (χ3v) is 6.39. The summed E-state index contributed by atoms with van der Waals surface area (Å²) in [6.45, 7) is 2.14. The first-order valence-corrected chi connectivity index (χ1v) is 10.6. The molecule has 3 aromatic heterocycles. The number of rotatable bonds is 4. The van der Waals surface area contributed by atoms with Gasteiger partial charge >= 0.3 is 0 Å². The SMILES string of the molecule is C[C@@H]1CC(O)CCC1Nc1ncc(C(N)=O)c2[nH]c3cc(-c4cnn(C)c4)ccc3c12. The van der Waals surface area contributed by atoms with Crippen LogP contribution in [-0.2, 0) is 7.05 Å². The minimum atomic E-state index is -0.516. The van der Waals surface area contributed by atoms with Crippen LogP contribution in [0, 0.1) is 5.92 Å². The molecule has 8 heteroatoms. The first-order chi connectivity index (χ1) is 14.9. The van der Waals surface area contributed by atoms with Crippen molar-refractivity contribution < 1.29 is 9.90 Å². The zero-order valence-corrected chi connectivity index (χ0v) is 17.6. The molecule has 1 aliphatic carbocycles. The number of H-pyrrole nitrogens is 1. The Morgan fingerprint density at radius 1 is 1.29 bits per heavy atom. The average Bonchev–Trinajstić information content (AvgIpc) is 3.33. The number of primary amides is 1. The van der Waals surface area contributed by atoms with Gasteiger partial charge in [0.2, 0.25) is 0 Å². The van der Waals surface area contributed by atoms with Gasteiger partial charge in [0.25, 0.3) is 5.91 Å². The van der Waals surface area contributed by atoms with Crippen LogP contribution < -0.4 is 11.1 Å². The zero-order chi connectivity index (χ0) is 21.7. The number of aromatic amines is 1. The highest BCUT2D eigenvalue weighted by Gasteiger charge is 2.28. The number of hydrogen-bond acceptors (Lipinski definition) is 5.